The largest absolute Gasteiger partial charge is 0.307 e. The fourth-order valence-corrected chi connectivity index (χ4v) is 1.88. The van der Waals surface area contributed by atoms with Gasteiger partial charge in [0.15, 0.2) is 0 Å². The fourth-order valence-electron chi connectivity index (χ4n) is 1.88. The van der Waals surface area contributed by atoms with Crippen molar-refractivity contribution in [1.82, 2.24) is 9.78 Å². The second-order valence-corrected chi connectivity index (χ2v) is 4.54. The van der Waals surface area contributed by atoms with Crippen molar-refractivity contribution in [2.24, 2.45) is 0 Å². The van der Waals surface area contributed by atoms with Crippen LogP contribution in [0, 0.1) is 18.3 Å². The van der Waals surface area contributed by atoms with E-state index in [-0.39, 0.29) is 5.91 Å². The topological polar surface area (TPSA) is 70.7 Å². The van der Waals surface area contributed by atoms with Crippen LogP contribution in [0.1, 0.15) is 17.7 Å². The summed E-state index contributed by atoms with van der Waals surface area (Å²) < 4.78 is 1.63. The Bertz CT molecular complexity index is 680. The molecule has 0 bridgehead atoms. The van der Waals surface area contributed by atoms with E-state index in [0.717, 1.165) is 11.3 Å². The van der Waals surface area contributed by atoms with Gasteiger partial charge in [-0.05, 0) is 18.6 Å². The summed E-state index contributed by atoms with van der Waals surface area (Å²) in [6.07, 6.45) is 3.58. The Morgan fingerprint density at radius 1 is 1.43 bits per heavy atom. The van der Waals surface area contributed by atoms with Crippen LogP contribution in [-0.4, -0.2) is 15.7 Å². The smallest absolute Gasteiger partial charge is 0.249 e. The van der Waals surface area contributed by atoms with Crippen LogP contribution in [0.5, 0.6) is 0 Å². The highest BCUT2D eigenvalue weighted by molar-refractivity contribution is 6.01. The van der Waals surface area contributed by atoms with Gasteiger partial charge < -0.3 is 5.32 Å². The molecule has 5 heteroatoms. The summed E-state index contributed by atoms with van der Waals surface area (Å²) in [7, 11) is 0. The first-order chi connectivity index (χ1) is 10.2. The highest BCUT2D eigenvalue weighted by atomic mass is 16.1. The molecule has 0 radical (unpaired) electrons. The van der Waals surface area contributed by atoms with Crippen molar-refractivity contribution in [3.63, 3.8) is 0 Å². The minimum Gasteiger partial charge on any atom is -0.307 e. The van der Waals surface area contributed by atoms with Gasteiger partial charge in [0.05, 0.1) is 24.7 Å². The van der Waals surface area contributed by atoms with E-state index in [4.69, 9.17) is 5.26 Å². The summed E-state index contributed by atoms with van der Waals surface area (Å²) in [4.78, 5) is 11.9. The zero-order valence-electron chi connectivity index (χ0n) is 11.8. The van der Waals surface area contributed by atoms with E-state index < -0.39 is 0 Å². The van der Waals surface area contributed by atoms with E-state index in [1.54, 1.807) is 16.8 Å². The Kier molecular flexibility index (Phi) is 4.89. The number of amides is 1. The third kappa shape index (κ3) is 4.32. The molecule has 1 aromatic carbocycles. The predicted molar refractivity (Wildman–Crippen MR) is 81.3 cm³/mol. The molecule has 0 unspecified atom stereocenters. The van der Waals surface area contributed by atoms with Crippen LogP contribution >= 0.6 is 0 Å². The summed E-state index contributed by atoms with van der Waals surface area (Å²) in [6.45, 7) is 2.31. The van der Waals surface area contributed by atoms with Gasteiger partial charge in [-0.15, -0.1) is 0 Å². The Labute approximate surface area is 123 Å². The molecule has 2 rings (SSSR count). The number of carbonyl (C=O) groups is 1. The molecule has 0 atom stereocenters. The molecule has 0 aliphatic carbocycles. The number of benzene rings is 1. The van der Waals surface area contributed by atoms with Crippen LogP contribution in [0.2, 0.25) is 0 Å². The molecule has 0 spiro atoms. The van der Waals surface area contributed by atoms with E-state index in [1.165, 1.54) is 6.08 Å². The highest BCUT2D eigenvalue weighted by Gasteiger charge is 2.07. The van der Waals surface area contributed by atoms with Gasteiger partial charge >= 0.3 is 0 Å². The number of hydrogen-bond acceptors (Lipinski definition) is 3. The van der Waals surface area contributed by atoms with E-state index in [1.807, 2.05) is 37.3 Å². The number of carbonyl (C=O) groups excluding carboxylic acids is 1. The molecular weight excluding hydrogens is 264 g/mol. The minimum absolute atomic E-state index is 0.225. The molecule has 2 aromatic rings. The van der Waals surface area contributed by atoms with Crippen molar-refractivity contribution in [2.75, 3.05) is 5.32 Å². The average Bonchev–Trinajstić information content (AvgIpc) is 2.83. The SMILES string of the molecule is Cc1cc(NC(=O)/C=C/c2ccccc2)n(CCC#N)n1. The molecule has 1 heterocycles. The molecule has 0 aliphatic rings. The zero-order valence-corrected chi connectivity index (χ0v) is 11.8. The molecule has 0 saturated heterocycles. The maximum absolute atomic E-state index is 11.9. The Morgan fingerprint density at radius 3 is 2.90 bits per heavy atom. The number of nitrogens with zero attached hydrogens (tertiary/aromatic N) is 3. The molecular formula is C16H16N4O. The number of nitrogens with one attached hydrogen (secondary N) is 1. The standard InChI is InChI=1S/C16H16N4O/c1-13-12-15(20(19-13)11-5-10-17)18-16(21)9-8-14-6-3-2-4-7-14/h2-4,6-9,12H,5,11H2,1H3,(H,18,21)/b9-8+. The molecule has 0 aliphatic heterocycles. The molecule has 5 nitrogen and oxygen atoms in total. The summed E-state index contributed by atoms with van der Waals surface area (Å²) in [6, 6.07) is 13.4. The van der Waals surface area contributed by atoms with Crippen LogP contribution in [0.3, 0.4) is 0 Å². The van der Waals surface area contributed by atoms with Crippen LogP contribution in [0.4, 0.5) is 5.82 Å². The Morgan fingerprint density at radius 2 is 2.19 bits per heavy atom. The molecule has 1 amide bonds. The average molecular weight is 280 g/mol. The predicted octanol–water partition coefficient (Wildman–Crippen LogP) is 2.76. The zero-order chi connectivity index (χ0) is 15.1. The highest BCUT2D eigenvalue weighted by Crippen LogP contribution is 2.11. The summed E-state index contributed by atoms with van der Waals surface area (Å²) >= 11 is 0. The molecule has 106 valence electrons. The Hall–Kier alpha value is -2.87. The quantitative estimate of drug-likeness (QED) is 0.856. The lowest BCUT2D eigenvalue weighted by molar-refractivity contribution is -0.111. The normalized spacial score (nSPS) is 10.5. The van der Waals surface area contributed by atoms with Gasteiger partial charge in [0.1, 0.15) is 5.82 Å². The minimum atomic E-state index is -0.225. The van der Waals surface area contributed by atoms with Crippen molar-refractivity contribution in [3.8, 4) is 6.07 Å². The van der Waals surface area contributed by atoms with Crippen molar-refractivity contribution in [1.29, 1.82) is 5.26 Å². The van der Waals surface area contributed by atoms with Crippen molar-refractivity contribution < 1.29 is 4.79 Å². The lowest BCUT2D eigenvalue weighted by Gasteiger charge is -2.05. The van der Waals surface area contributed by atoms with Crippen molar-refractivity contribution >= 4 is 17.8 Å². The van der Waals surface area contributed by atoms with E-state index in [0.29, 0.717) is 18.8 Å². The van der Waals surface area contributed by atoms with Gasteiger partial charge in [-0.3, -0.25) is 4.79 Å². The van der Waals surface area contributed by atoms with Crippen LogP contribution in [0.15, 0.2) is 42.5 Å². The van der Waals surface area contributed by atoms with Crippen molar-refractivity contribution in [2.45, 2.75) is 19.9 Å². The second kappa shape index (κ2) is 7.06. The van der Waals surface area contributed by atoms with Crippen LogP contribution in [-0.2, 0) is 11.3 Å². The lowest BCUT2D eigenvalue weighted by atomic mass is 10.2. The van der Waals surface area contributed by atoms with Crippen molar-refractivity contribution in [3.05, 3.63) is 53.7 Å². The first kappa shape index (κ1) is 14.5. The van der Waals surface area contributed by atoms with Gasteiger partial charge in [0.25, 0.3) is 0 Å². The number of anilines is 1. The number of rotatable bonds is 5. The second-order valence-electron chi connectivity index (χ2n) is 4.54. The van der Waals surface area contributed by atoms with Gasteiger partial charge in [-0.2, -0.15) is 10.4 Å². The maximum atomic E-state index is 11.9. The molecule has 0 saturated carbocycles. The van der Waals surface area contributed by atoms with Gasteiger partial charge in [0, 0.05) is 12.1 Å². The molecule has 1 N–H and O–H groups in total. The molecule has 21 heavy (non-hydrogen) atoms. The van der Waals surface area contributed by atoms with Gasteiger partial charge in [0.2, 0.25) is 5.91 Å². The number of aryl methyl sites for hydroxylation is 2. The first-order valence-corrected chi connectivity index (χ1v) is 6.64. The maximum Gasteiger partial charge on any atom is 0.249 e. The van der Waals surface area contributed by atoms with Gasteiger partial charge in [-0.25, -0.2) is 4.68 Å². The van der Waals surface area contributed by atoms with E-state index in [2.05, 4.69) is 16.5 Å². The lowest BCUT2D eigenvalue weighted by Crippen LogP contribution is -2.13. The van der Waals surface area contributed by atoms with Crippen LogP contribution in [0.25, 0.3) is 6.08 Å². The first-order valence-electron chi connectivity index (χ1n) is 6.64. The summed E-state index contributed by atoms with van der Waals surface area (Å²) in [5, 5.41) is 15.6. The summed E-state index contributed by atoms with van der Waals surface area (Å²) in [5.74, 6) is 0.377. The Balaban J connectivity index is 2.03. The van der Waals surface area contributed by atoms with E-state index in [9.17, 15) is 4.79 Å². The third-order valence-corrected chi connectivity index (χ3v) is 2.82. The molecule has 1 aromatic heterocycles. The summed E-state index contributed by atoms with van der Waals surface area (Å²) in [5.41, 5.74) is 1.76. The number of nitriles is 1. The number of hydrogen-bond donors (Lipinski definition) is 1. The molecule has 0 fully saturated rings. The number of aromatic nitrogens is 2. The van der Waals surface area contributed by atoms with Crippen LogP contribution < -0.4 is 5.32 Å². The monoisotopic (exact) mass is 280 g/mol. The third-order valence-electron chi connectivity index (χ3n) is 2.82. The van der Waals surface area contributed by atoms with Gasteiger partial charge in [-0.1, -0.05) is 30.3 Å². The fraction of sp³-hybridized carbons (Fsp3) is 0.188. The van der Waals surface area contributed by atoms with E-state index >= 15 is 0 Å².